The van der Waals surface area contributed by atoms with E-state index in [1.807, 2.05) is 4.57 Å². The van der Waals surface area contributed by atoms with Crippen molar-refractivity contribution < 1.29 is 17.9 Å². The number of nitrogens with zero attached hydrogens (tertiary/aromatic N) is 4. The Morgan fingerprint density at radius 3 is 2.88 bits per heavy atom. The summed E-state index contributed by atoms with van der Waals surface area (Å²) in [6.45, 7) is 4.62. The summed E-state index contributed by atoms with van der Waals surface area (Å²) < 4.78 is 34.1. The molecule has 0 saturated carbocycles. The fraction of sp³-hybridized carbons (Fsp3) is 0.400. The Kier molecular flexibility index (Phi) is 4.37. The number of carbonyl (C=O) groups is 1. The molecule has 0 unspecified atom stereocenters. The van der Waals surface area contributed by atoms with E-state index in [0.29, 0.717) is 24.5 Å². The van der Waals surface area contributed by atoms with E-state index in [1.54, 1.807) is 32.3 Å². The summed E-state index contributed by atoms with van der Waals surface area (Å²) >= 11 is 0. The highest BCUT2D eigenvalue weighted by molar-refractivity contribution is 7.89. The van der Waals surface area contributed by atoms with Crippen molar-refractivity contribution in [2.24, 2.45) is 0 Å². The fourth-order valence-electron chi connectivity index (χ4n) is 2.61. The minimum absolute atomic E-state index is 0.112. The van der Waals surface area contributed by atoms with Gasteiger partial charge in [0.05, 0.1) is 23.6 Å². The van der Waals surface area contributed by atoms with Crippen molar-refractivity contribution in [1.29, 1.82) is 0 Å². The molecule has 0 N–H and O–H groups in total. The van der Waals surface area contributed by atoms with Crippen LogP contribution >= 0.6 is 0 Å². The summed E-state index contributed by atoms with van der Waals surface area (Å²) in [7, 11) is -3.74. The van der Waals surface area contributed by atoms with Crippen LogP contribution < -0.4 is 0 Å². The third-order valence-electron chi connectivity index (χ3n) is 3.92. The third-order valence-corrected chi connectivity index (χ3v) is 5.91. The molecule has 1 aliphatic rings. The van der Waals surface area contributed by atoms with Gasteiger partial charge in [-0.25, -0.2) is 13.2 Å². The number of ether oxygens (including phenoxy) is 1. The number of hydrogen-bond donors (Lipinski definition) is 0. The van der Waals surface area contributed by atoms with Crippen molar-refractivity contribution in [2.75, 3.05) is 13.2 Å². The van der Waals surface area contributed by atoms with Gasteiger partial charge in [-0.15, -0.1) is 10.2 Å². The van der Waals surface area contributed by atoms with Gasteiger partial charge in [-0.05, 0) is 31.5 Å². The number of benzene rings is 1. The number of carbonyl (C=O) groups excluding carboxylic acids is 1. The van der Waals surface area contributed by atoms with Crippen LogP contribution in [0.15, 0.2) is 29.4 Å². The first-order valence-electron chi connectivity index (χ1n) is 7.58. The zero-order valence-corrected chi connectivity index (χ0v) is 14.3. The van der Waals surface area contributed by atoms with Gasteiger partial charge in [-0.2, -0.15) is 4.31 Å². The summed E-state index contributed by atoms with van der Waals surface area (Å²) in [5.41, 5.74) is 0.802. The molecular formula is C15H18N4O4S. The first-order chi connectivity index (χ1) is 11.4. The highest BCUT2D eigenvalue weighted by atomic mass is 32.2. The molecule has 128 valence electrons. The monoisotopic (exact) mass is 350 g/mol. The van der Waals surface area contributed by atoms with E-state index in [-0.39, 0.29) is 23.6 Å². The average Bonchev–Trinajstić information content (AvgIpc) is 3.02. The minimum atomic E-state index is -3.74. The molecule has 24 heavy (non-hydrogen) atoms. The summed E-state index contributed by atoms with van der Waals surface area (Å²) in [5.74, 6) is 0.0661. The Morgan fingerprint density at radius 2 is 2.12 bits per heavy atom. The van der Waals surface area contributed by atoms with Crippen LogP contribution in [0.1, 0.15) is 28.7 Å². The molecule has 2 aromatic rings. The SMILES string of the molecule is CCOC(=O)c1ccc(C)c(S(=O)(=O)N2CCn3cnnc3C2)c1. The number of aromatic nitrogens is 3. The third kappa shape index (κ3) is 2.92. The Morgan fingerprint density at radius 1 is 1.33 bits per heavy atom. The second-order valence-electron chi connectivity index (χ2n) is 5.48. The first kappa shape index (κ1) is 16.6. The number of rotatable bonds is 4. The molecule has 0 bridgehead atoms. The predicted molar refractivity (Wildman–Crippen MR) is 84.8 cm³/mol. The first-order valence-corrected chi connectivity index (χ1v) is 9.02. The van der Waals surface area contributed by atoms with Crippen LogP contribution in [-0.4, -0.2) is 46.6 Å². The lowest BCUT2D eigenvalue weighted by molar-refractivity contribution is 0.0526. The molecule has 0 spiro atoms. The van der Waals surface area contributed by atoms with Crippen molar-refractivity contribution in [1.82, 2.24) is 19.1 Å². The molecule has 0 atom stereocenters. The second-order valence-corrected chi connectivity index (χ2v) is 7.39. The van der Waals surface area contributed by atoms with Crippen molar-refractivity contribution in [2.45, 2.75) is 31.8 Å². The molecule has 1 aromatic carbocycles. The van der Waals surface area contributed by atoms with Crippen molar-refractivity contribution >= 4 is 16.0 Å². The molecule has 8 nitrogen and oxygen atoms in total. The molecule has 9 heteroatoms. The molecule has 1 aromatic heterocycles. The lowest BCUT2D eigenvalue weighted by Gasteiger charge is -2.27. The van der Waals surface area contributed by atoms with Crippen molar-refractivity contribution in [3.8, 4) is 0 Å². The molecule has 0 aliphatic carbocycles. The normalized spacial score (nSPS) is 15.1. The van der Waals surface area contributed by atoms with Crippen LogP contribution in [-0.2, 0) is 27.8 Å². The smallest absolute Gasteiger partial charge is 0.338 e. The lowest BCUT2D eigenvalue weighted by atomic mass is 10.1. The van der Waals surface area contributed by atoms with E-state index in [1.165, 1.54) is 10.4 Å². The van der Waals surface area contributed by atoms with Gasteiger partial charge in [0, 0.05) is 13.1 Å². The van der Waals surface area contributed by atoms with Gasteiger partial charge in [0.25, 0.3) is 0 Å². The summed E-state index contributed by atoms with van der Waals surface area (Å²) in [6, 6.07) is 4.56. The van der Waals surface area contributed by atoms with Crippen LogP contribution in [0, 0.1) is 6.92 Å². The zero-order valence-electron chi connectivity index (χ0n) is 13.5. The summed E-state index contributed by atoms with van der Waals surface area (Å²) in [4.78, 5) is 12.0. The van der Waals surface area contributed by atoms with E-state index in [9.17, 15) is 13.2 Å². The van der Waals surface area contributed by atoms with Gasteiger partial charge in [0.1, 0.15) is 12.2 Å². The number of sulfonamides is 1. The summed E-state index contributed by atoms with van der Waals surface area (Å²) in [6.07, 6.45) is 1.59. The van der Waals surface area contributed by atoms with Crippen LogP contribution in [0.3, 0.4) is 0 Å². The Hall–Kier alpha value is -2.26. The van der Waals surface area contributed by atoms with Gasteiger partial charge in [0.15, 0.2) is 0 Å². The molecular weight excluding hydrogens is 332 g/mol. The van der Waals surface area contributed by atoms with Crippen LogP contribution in [0.5, 0.6) is 0 Å². The number of fused-ring (bicyclic) bond motifs is 1. The van der Waals surface area contributed by atoms with Gasteiger partial charge in [-0.3, -0.25) is 0 Å². The van der Waals surface area contributed by atoms with E-state index in [4.69, 9.17) is 4.74 Å². The maximum absolute atomic E-state index is 13.0. The Bertz CT molecular complexity index is 875. The largest absolute Gasteiger partial charge is 0.462 e. The average molecular weight is 350 g/mol. The predicted octanol–water partition coefficient (Wildman–Crippen LogP) is 0.968. The molecule has 0 saturated heterocycles. The van der Waals surface area contributed by atoms with Crippen LogP contribution in [0.2, 0.25) is 0 Å². The van der Waals surface area contributed by atoms with E-state index >= 15 is 0 Å². The van der Waals surface area contributed by atoms with Gasteiger partial charge in [0.2, 0.25) is 10.0 Å². The number of aryl methyl sites for hydroxylation is 1. The van der Waals surface area contributed by atoms with Crippen molar-refractivity contribution in [3.63, 3.8) is 0 Å². The second kappa shape index (κ2) is 6.33. The zero-order chi connectivity index (χ0) is 17.3. The van der Waals surface area contributed by atoms with E-state index < -0.39 is 16.0 Å². The van der Waals surface area contributed by atoms with Gasteiger partial charge in [-0.1, -0.05) is 6.07 Å². The minimum Gasteiger partial charge on any atom is -0.462 e. The number of esters is 1. The maximum Gasteiger partial charge on any atom is 0.338 e. The summed E-state index contributed by atoms with van der Waals surface area (Å²) in [5, 5.41) is 7.74. The highest BCUT2D eigenvalue weighted by Crippen LogP contribution is 2.24. The van der Waals surface area contributed by atoms with E-state index in [2.05, 4.69) is 10.2 Å². The van der Waals surface area contributed by atoms with Crippen molar-refractivity contribution in [3.05, 3.63) is 41.5 Å². The fourth-order valence-corrected chi connectivity index (χ4v) is 4.24. The molecule has 2 heterocycles. The number of hydrogen-bond acceptors (Lipinski definition) is 6. The van der Waals surface area contributed by atoms with Crippen LogP contribution in [0.25, 0.3) is 0 Å². The Balaban J connectivity index is 1.95. The highest BCUT2D eigenvalue weighted by Gasteiger charge is 2.31. The topological polar surface area (TPSA) is 94.4 Å². The molecule has 1 aliphatic heterocycles. The quantitative estimate of drug-likeness (QED) is 0.763. The molecule has 0 fully saturated rings. The molecule has 3 rings (SSSR count). The lowest BCUT2D eigenvalue weighted by Crippen LogP contribution is -2.38. The maximum atomic E-state index is 13.0. The molecule has 0 amide bonds. The van der Waals surface area contributed by atoms with E-state index in [0.717, 1.165) is 0 Å². The van der Waals surface area contributed by atoms with Gasteiger partial charge < -0.3 is 9.30 Å². The standard InChI is InChI=1S/C15H18N4O4S/c1-3-23-15(20)12-5-4-11(2)13(8-12)24(21,22)19-7-6-18-10-16-17-14(18)9-19/h4-5,8,10H,3,6-7,9H2,1-2H3. The Labute approximate surface area is 140 Å². The molecule has 0 radical (unpaired) electrons. The van der Waals surface area contributed by atoms with Gasteiger partial charge >= 0.3 is 5.97 Å². The van der Waals surface area contributed by atoms with Crippen LogP contribution in [0.4, 0.5) is 0 Å².